The molecule has 0 spiro atoms. The van der Waals surface area contributed by atoms with E-state index in [1.54, 1.807) is 0 Å². The van der Waals surface area contributed by atoms with E-state index >= 15 is 0 Å². The van der Waals surface area contributed by atoms with Gasteiger partial charge in [0.2, 0.25) is 0 Å². The maximum Gasteiger partial charge on any atom is 0.180 e. The van der Waals surface area contributed by atoms with Crippen LogP contribution in [0.1, 0.15) is 20.8 Å². The number of nitrogens with zero attached hydrogens (tertiary/aromatic N) is 1. The van der Waals surface area contributed by atoms with Gasteiger partial charge in [0.1, 0.15) is 6.10 Å². The molecule has 1 rings (SSSR count). The summed E-state index contributed by atoms with van der Waals surface area (Å²) in [6.45, 7) is 7.06. The summed E-state index contributed by atoms with van der Waals surface area (Å²) in [4.78, 5) is 4.13. The second-order valence-corrected chi connectivity index (χ2v) is 2.76. The van der Waals surface area contributed by atoms with Crippen LogP contribution in [-0.4, -0.2) is 18.5 Å². The first-order valence-corrected chi connectivity index (χ1v) is 3.38. The smallest absolute Gasteiger partial charge is 0.180 e. The van der Waals surface area contributed by atoms with Crippen molar-refractivity contribution in [2.45, 2.75) is 26.9 Å². The Kier molecular flexibility index (Phi) is 1.74. The van der Waals surface area contributed by atoms with Crippen LogP contribution in [0, 0.1) is 5.92 Å². The lowest BCUT2D eigenvalue weighted by Gasteiger charge is -2.12. The second-order valence-electron chi connectivity index (χ2n) is 2.76. The number of rotatable bonds is 1. The summed E-state index contributed by atoms with van der Waals surface area (Å²) in [5.41, 5.74) is 0. The summed E-state index contributed by atoms with van der Waals surface area (Å²) in [7, 11) is 0. The quantitative estimate of drug-likeness (QED) is 0.522. The maximum absolute atomic E-state index is 5.37. The monoisotopic (exact) mass is 127 g/mol. The van der Waals surface area contributed by atoms with Crippen LogP contribution in [0.25, 0.3) is 0 Å². The molecule has 0 fully saturated rings. The first-order valence-electron chi connectivity index (χ1n) is 3.38. The SMILES string of the molecule is CC1=NCC(C(C)C)O1. The van der Waals surface area contributed by atoms with Gasteiger partial charge in [-0.2, -0.15) is 0 Å². The van der Waals surface area contributed by atoms with Gasteiger partial charge in [-0.25, -0.2) is 0 Å². The molecule has 0 N–H and O–H groups in total. The number of hydrogen-bond acceptors (Lipinski definition) is 2. The molecule has 0 aromatic rings. The predicted octanol–water partition coefficient (Wildman–Crippen LogP) is 1.46. The van der Waals surface area contributed by atoms with E-state index in [1.165, 1.54) is 0 Å². The van der Waals surface area contributed by atoms with Crippen LogP contribution in [0.5, 0.6) is 0 Å². The molecule has 1 unspecified atom stereocenters. The third-order valence-corrected chi connectivity index (χ3v) is 1.56. The molecular weight excluding hydrogens is 114 g/mol. The summed E-state index contributed by atoms with van der Waals surface area (Å²) in [5.74, 6) is 1.43. The fourth-order valence-electron chi connectivity index (χ4n) is 0.859. The lowest BCUT2D eigenvalue weighted by Crippen LogP contribution is -2.18. The van der Waals surface area contributed by atoms with Crippen LogP contribution in [-0.2, 0) is 4.74 Å². The highest BCUT2D eigenvalue weighted by atomic mass is 16.5. The van der Waals surface area contributed by atoms with Crippen molar-refractivity contribution in [3.63, 3.8) is 0 Å². The van der Waals surface area contributed by atoms with E-state index in [1.807, 2.05) is 6.92 Å². The van der Waals surface area contributed by atoms with Gasteiger partial charge in [0, 0.05) is 6.92 Å². The standard InChI is InChI=1S/C7H13NO/c1-5(2)7-4-8-6(3)9-7/h5,7H,4H2,1-3H3. The van der Waals surface area contributed by atoms with E-state index in [0.717, 1.165) is 12.4 Å². The molecule has 52 valence electrons. The predicted molar refractivity (Wildman–Crippen MR) is 37.7 cm³/mol. The van der Waals surface area contributed by atoms with Gasteiger partial charge in [-0.3, -0.25) is 4.99 Å². The summed E-state index contributed by atoms with van der Waals surface area (Å²) in [6.07, 6.45) is 0.338. The Balaban J connectivity index is 2.37. The Morgan fingerprint density at radius 1 is 1.67 bits per heavy atom. The summed E-state index contributed by atoms with van der Waals surface area (Å²) >= 11 is 0. The van der Waals surface area contributed by atoms with Gasteiger partial charge in [0.05, 0.1) is 6.54 Å². The van der Waals surface area contributed by atoms with Gasteiger partial charge in [-0.15, -0.1) is 0 Å². The van der Waals surface area contributed by atoms with E-state index < -0.39 is 0 Å². The van der Waals surface area contributed by atoms with Crippen molar-refractivity contribution >= 4 is 5.90 Å². The van der Waals surface area contributed by atoms with Crippen LogP contribution in [0.3, 0.4) is 0 Å². The number of aliphatic imine (C=N–C) groups is 1. The van der Waals surface area contributed by atoms with E-state index in [2.05, 4.69) is 18.8 Å². The highest BCUT2D eigenvalue weighted by Gasteiger charge is 2.19. The number of hydrogen-bond donors (Lipinski definition) is 0. The molecule has 0 bridgehead atoms. The molecule has 0 aromatic carbocycles. The van der Waals surface area contributed by atoms with E-state index in [9.17, 15) is 0 Å². The van der Waals surface area contributed by atoms with E-state index in [4.69, 9.17) is 4.74 Å². The summed E-state index contributed by atoms with van der Waals surface area (Å²) < 4.78 is 5.37. The Bertz CT molecular complexity index is 129. The van der Waals surface area contributed by atoms with Crippen molar-refractivity contribution in [2.24, 2.45) is 10.9 Å². The molecule has 0 saturated carbocycles. The number of ether oxygens (including phenoxy) is 1. The lowest BCUT2D eigenvalue weighted by atomic mass is 10.1. The third kappa shape index (κ3) is 1.44. The molecule has 2 heteroatoms. The second kappa shape index (κ2) is 2.38. The molecule has 1 atom stereocenters. The summed E-state index contributed by atoms with van der Waals surface area (Å²) in [5, 5.41) is 0. The molecule has 0 aromatic heterocycles. The van der Waals surface area contributed by atoms with Crippen molar-refractivity contribution in [3.8, 4) is 0 Å². The van der Waals surface area contributed by atoms with Gasteiger partial charge in [0.15, 0.2) is 5.90 Å². The zero-order valence-electron chi connectivity index (χ0n) is 6.22. The Hall–Kier alpha value is -0.530. The maximum atomic E-state index is 5.37. The average molecular weight is 127 g/mol. The molecule has 2 nitrogen and oxygen atoms in total. The Morgan fingerprint density at radius 3 is 2.56 bits per heavy atom. The van der Waals surface area contributed by atoms with Crippen LogP contribution in [0.15, 0.2) is 4.99 Å². The zero-order valence-corrected chi connectivity index (χ0v) is 6.22. The molecule has 9 heavy (non-hydrogen) atoms. The van der Waals surface area contributed by atoms with Crippen molar-refractivity contribution in [1.82, 2.24) is 0 Å². The fourth-order valence-corrected chi connectivity index (χ4v) is 0.859. The highest BCUT2D eigenvalue weighted by Crippen LogP contribution is 2.12. The minimum atomic E-state index is 0.338. The normalized spacial score (nSPS) is 26.2. The highest BCUT2D eigenvalue weighted by molar-refractivity contribution is 5.74. The third-order valence-electron chi connectivity index (χ3n) is 1.56. The topological polar surface area (TPSA) is 21.6 Å². The molecule has 0 amide bonds. The van der Waals surface area contributed by atoms with Crippen LogP contribution in [0.2, 0.25) is 0 Å². The molecule has 0 saturated heterocycles. The molecular formula is C7H13NO. The van der Waals surface area contributed by atoms with Crippen LogP contribution < -0.4 is 0 Å². The molecule has 0 radical (unpaired) electrons. The Morgan fingerprint density at radius 2 is 2.33 bits per heavy atom. The fraction of sp³-hybridized carbons (Fsp3) is 0.857. The lowest BCUT2D eigenvalue weighted by molar-refractivity contribution is 0.170. The first kappa shape index (κ1) is 6.59. The summed E-state index contributed by atoms with van der Waals surface area (Å²) in [6, 6.07) is 0. The minimum Gasteiger partial charge on any atom is -0.476 e. The average Bonchev–Trinajstić information content (AvgIpc) is 2.14. The van der Waals surface area contributed by atoms with Gasteiger partial charge >= 0.3 is 0 Å². The van der Waals surface area contributed by atoms with Gasteiger partial charge in [-0.05, 0) is 5.92 Å². The van der Waals surface area contributed by atoms with Gasteiger partial charge < -0.3 is 4.74 Å². The van der Waals surface area contributed by atoms with Crippen molar-refractivity contribution < 1.29 is 4.74 Å². The van der Waals surface area contributed by atoms with Crippen molar-refractivity contribution in [2.75, 3.05) is 6.54 Å². The molecule has 1 heterocycles. The van der Waals surface area contributed by atoms with Gasteiger partial charge in [-0.1, -0.05) is 13.8 Å². The van der Waals surface area contributed by atoms with Crippen molar-refractivity contribution in [3.05, 3.63) is 0 Å². The largest absolute Gasteiger partial charge is 0.476 e. The Labute approximate surface area is 55.9 Å². The zero-order chi connectivity index (χ0) is 6.85. The molecule has 0 aliphatic carbocycles. The van der Waals surface area contributed by atoms with Crippen molar-refractivity contribution in [1.29, 1.82) is 0 Å². The van der Waals surface area contributed by atoms with Crippen LogP contribution in [0.4, 0.5) is 0 Å². The van der Waals surface area contributed by atoms with Crippen LogP contribution >= 0.6 is 0 Å². The molecule has 1 aliphatic heterocycles. The van der Waals surface area contributed by atoms with E-state index in [-0.39, 0.29) is 0 Å². The first-order chi connectivity index (χ1) is 4.20. The molecule has 1 aliphatic rings. The van der Waals surface area contributed by atoms with E-state index in [0.29, 0.717) is 12.0 Å². The van der Waals surface area contributed by atoms with Gasteiger partial charge in [0.25, 0.3) is 0 Å². The minimum absolute atomic E-state index is 0.338.